The van der Waals surface area contributed by atoms with E-state index in [9.17, 15) is 0 Å². The van der Waals surface area contributed by atoms with Gasteiger partial charge in [0, 0.05) is 34.5 Å². The van der Waals surface area contributed by atoms with Crippen LogP contribution in [0.15, 0.2) is 41.0 Å². The van der Waals surface area contributed by atoms with E-state index in [1.54, 1.807) is 0 Å². The molecule has 0 atom stereocenters. The average Bonchev–Trinajstić information content (AvgIpc) is 2.41. The van der Waals surface area contributed by atoms with Gasteiger partial charge in [0.25, 0.3) is 0 Å². The molecule has 1 aromatic carbocycles. The second-order valence-corrected chi connectivity index (χ2v) is 5.59. The molecule has 1 N–H and O–H groups in total. The second-order valence-electron chi connectivity index (χ2n) is 4.67. The number of aromatic nitrogens is 1. The molecule has 1 aromatic heterocycles. The topological polar surface area (TPSA) is 34.2 Å². The molecule has 1 heterocycles. The van der Waals surface area contributed by atoms with Crippen molar-refractivity contribution in [2.24, 2.45) is 0 Å². The van der Waals surface area contributed by atoms with Crippen LogP contribution in [0.2, 0.25) is 0 Å². The normalized spacial score (nSPS) is 10.6. The van der Waals surface area contributed by atoms with Crippen LogP contribution in [0.3, 0.4) is 0 Å². The minimum absolute atomic E-state index is 0.768. The maximum Gasteiger partial charge on any atom is 0.135 e. The maximum absolute atomic E-state index is 5.99. The average molecular weight is 335 g/mol. The molecule has 106 valence electrons. The van der Waals surface area contributed by atoms with Crippen molar-refractivity contribution in [3.8, 4) is 11.5 Å². The summed E-state index contributed by atoms with van der Waals surface area (Å²) in [6.07, 6.45) is 2.99. The maximum atomic E-state index is 5.99. The highest BCUT2D eigenvalue weighted by molar-refractivity contribution is 9.10. The Labute approximate surface area is 128 Å². The van der Waals surface area contributed by atoms with E-state index in [1.807, 2.05) is 43.5 Å². The van der Waals surface area contributed by atoms with Gasteiger partial charge < -0.3 is 10.1 Å². The van der Waals surface area contributed by atoms with Crippen molar-refractivity contribution in [3.63, 3.8) is 0 Å². The van der Waals surface area contributed by atoms with Gasteiger partial charge in [0.2, 0.25) is 0 Å². The third kappa shape index (κ3) is 4.32. The Hall–Kier alpha value is -1.39. The van der Waals surface area contributed by atoms with Crippen molar-refractivity contribution in [3.05, 3.63) is 52.3 Å². The minimum atomic E-state index is 0.768. The summed E-state index contributed by atoms with van der Waals surface area (Å²) in [6, 6.07) is 9.82. The van der Waals surface area contributed by atoms with Crippen molar-refractivity contribution in [1.29, 1.82) is 0 Å². The number of ether oxygens (including phenoxy) is 1. The monoisotopic (exact) mass is 334 g/mol. The Morgan fingerprint density at radius 3 is 2.90 bits per heavy atom. The number of benzene rings is 1. The number of hydrogen-bond acceptors (Lipinski definition) is 3. The van der Waals surface area contributed by atoms with Crippen LogP contribution < -0.4 is 10.1 Å². The van der Waals surface area contributed by atoms with Crippen LogP contribution >= 0.6 is 15.9 Å². The van der Waals surface area contributed by atoms with Gasteiger partial charge in [0.05, 0.1) is 0 Å². The molecule has 0 aliphatic carbocycles. The van der Waals surface area contributed by atoms with E-state index in [4.69, 9.17) is 4.74 Å². The number of aryl methyl sites for hydroxylation is 1. The summed E-state index contributed by atoms with van der Waals surface area (Å²) in [7, 11) is 0. The lowest BCUT2D eigenvalue weighted by Crippen LogP contribution is -2.14. The molecular weight excluding hydrogens is 316 g/mol. The van der Waals surface area contributed by atoms with Crippen LogP contribution in [0, 0.1) is 6.92 Å². The molecule has 0 unspecified atom stereocenters. The van der Waals surface area contributed by atoms with Crippen molar-refractivity contribution in [2.45, 2.75) is 26.8 Å². The van der Waals surface area contributed by atoms with Crippen molar-refractivity contribution >= 4 is 15.9 Å². The van der Waals surface area contributed by atoms with E-state index in [2.05, 4.69) is 33.2 Å². The predicted molar refractivity (Wildman–Crippen MR) is 85.2 cm³/mol. The second kappa shape index (κ2) is 7.41. The Morgan fingerprint density at radius 1 is 1.30 bits per heavy atom. The first kappa shape index (κ1) is 15.0. The summed E-state index contributed by atoms with van der Waals surface area (Å²) < 4.78 is 7.00. The molecule has 0 saturated heterocycles. The van der Waals surface area contributed by atoms with Crippen molar-refractivity contribution in [1.82, 2.24) is 10.3 Å². The zero-order chi connectivity index (χ0) is 14.4. The summed E-state index contributed by atoms with van der Waals surface area (Å²) in [6.45, 7) is 5.88. The van der Waals surface area contributed by atoms with Crippen LogP contribution in [0.25, 0.3) is 0 Å². The summed E-state index contributed by atoms with van der Waals surface area (Å²) in [5.74, 6) is 1.68. The van der Waals surface area contributed by atoms with Crippen molar-refractivity contribution < 1.29 is 4.74 Å². The smallest absolute Gasteiger partial charge is 0.135 e. The van der Waals surface area contributed by atoms with Gasteiger partial charge >= 0.3 is 0 Å². The zero-order valence-electron chi connectivity index (χ0n) is 11.8. The number of nitrogens with one attached hydrogen (secondary N) is 1. The standard InChI is InChI=1S/C16H19BrN2O/c1-3-7-18-10-13-11-19-12(2)8-16(13)20-15-6-4-5-14(17)9-15/h4-6,8-9,11,18H,3,7,10H2,1-2H3. The van der Waals surface area contributed by atoms with Crippen LogP contribution in [0.4, 0.5) is 0 Å². The molecule has 0 spiro atoms. The Balaban J connectivity index is 2.18. The highest BCUT2D eigenvalue weighted by atomic mass is 79.9. The molecule has 4 heteroatoms. The molecule has 0 saturated carbocycles. The fourth-order valence-corrected chi connectivity index (χ4v) is 2.23. The predicted octanol–water partition coefficient (Wildman–Crippen LogP) is 4.44. The fourth-order valence-electron chi connectivity index (χ4n) is 1.85. The fraction of sp³-hybridized carbons (Fsp3) is 0.312. The summed E-state index contributed by atoms with van der Waals surface area (Å²) in [4.78, 5) is 4.35. The molecule has 0 aliphatic rings. The molecule has 2 aromatic rings. The summed E-state index contributed by atoms with van der Waals surface area (Å²) in [5, 5.41) is 3.38. The zero-order valence-corrected chi connectivity index (χ0v) is 13.4. The highest BCUT2D eigenvalue weighted by Gasteiger charge is 2.06. The minimum Gasteiger partial charge on any atom is -0.457 e. The molecule has 0 amide bonds. The van der Waals surface area contributed by atoms with E-state index in [0.717, 1.165) is 46.7 Å². The third-order valence-electron chi connectivity index (χ3n) is 2.85. The molecule has 0 aliphatic heterocycles. The van der Waals surface area contributed by atoms with E-state index >= 15 is 0 Å². The summed E-state index contributed by atoms with van der Waals surface area (Å²) >= 11 is 3.46. The van der Waals surface area contributed by atoms with Gasteiger partial charge in [-0.15, -0.1) is 0 Å². The van der Waals surface area contributed by atoms with E-state index < -0.39 is 0 Å². The first-order valence-corrected chi connectivity index (χ1v) is 7.58. The number of pyridine rings is 1. The molecular formula is C16H19BrN2O. The van der Waals surface area contributed by atoms with Crippen LogP contribution in [0.5, 0.6) is 11.5 Å². The van der Waals surface area contributed by atoms with Crippen LogP contribution in [-0.4, -0.2) is 11.5 Å². The largest absolute Gasteiger partial charge is 0.457 e. The van der Waals surface area contributed by atoms with Gasteiger partial charge in [-0.05, 0) is 38.1 Å². The molecule has 20 heavy (non-hydrogen) atoms. The lowest BCUT2D eigenvalue weighted by molar-refractivity contribution is 0.470. The lowest BCUT2D eigenvalue weighted by Gasteiger charge is -2.12. The van der Waals surface area contributed by atoms with Gasteiger partial charge in [-0.1, -0.05) is 28.9 Å². The summed E-state index contributed by atoms with van der Waals surface area (Å²) in [5.41, 5.74) is 2.03. The molecule has 0 radical (unpaired) electrons. The van der Waals surface area contributed by atoms with Crippen LogP contribution in [0.1, 0.15) is 24.6 Å². The Morgan fingerprint density at radius 2 is 2.15 bits per heavy atom. The SMILES string of the molecule is CCCNCc1cnc(C)cc1Oc1cccc(Br)c1. The van der Waals surface area contributed by atoms with E-state index in [1.165, 1.54) is 0 Å². The van der Waals surface area contributed by atoms with Crippen LogP contribution in [-0.2, 0) is 6.54 Å². The number of nitrogens with zero attached hydrogens (tertiary/aromatic N) is 1. The third-order valence-corrected chi connectivity index (χ3v) is 3.34. The molecule has 0 fully saturated rings. The molecule has 0 bridgehead atoms. The van der Waals surface area contributed by atoms with E-state index in [-0.39, 0.29) is 0 Å². The first-order valence-electron chi connectivity index (χ1n) is 6.78. The lowest BCUT2D eigenvalue weighted by atomic mass is 10.2. The number of halogens is 1. The molecule has 2 rings (SSSR count). The van der Waals surface area contributed by atoms with Gasteiger partial charge in [-0.3, -0.25) is 4.98 Å². The quantitative estimate of drug-likeness (QED) is 0.792. The number of rotatable bonds is 6. The van der Waals surface area contributed by atoms with Gasteiger partial charge in [-0.2, -0.15) is 0 Å². The van der Waals surface area contributed by atoms with Gasteiger partial charge in [0.15, 0.2) is 0 Å². The van der Waals surface area contributed by atoms with Crippen molar-refractivity contribution in [2.75, 3.05) is 6.54 Å². The van der Waals surface area contributed by atoms with Gasteiger partial charge in [-0.25, -0.2) is 0 Å². The first-order chi connectivity index (χ1) is 9.69. The Bertz CT molecular complexity index is 572. The molecule has 3 nitrogen and oxygen atoms in total. The Kier molecular flexibility index (Phi) is 5.56. The number of hydrogen-bond donors (Lipinski definition) is 1. The van der Waals surface area contributed by atoms with E-state index in [0.29, 0.717) is 0 Å². The highest BCUT2D eigenvalue weighted by Crippen LogP contribution is 2.27. The van der Waals surface area contributed by atoms with Gasteiger partial charge in [0.1, 0.15) is 11.5 Å².